The highest BCUT2D eigenvalue weighted by molar-refractivity contribution is 7.15. The van der Waals surface area contributed by atoms with Gasteiger partial charge in [-0.3, -0.25) is 14.0 Å². The topological polar surface area (TPSA) is 81.9 Å². The molecule has 4 rings (SSSR count). The van der Waals surface area contributed by atoms with E-state index in [0.717, 1.165) is 11.3 Å². The van der Waals surface area contributed by atoms with Crippen LogP contribution in [0, 0.1) is 20.8 Å². The molecular weight excluding hydrogens is 426 g/mol. The van der Waals surface area contributed by atoms with Crippen LogP contribution in [0.2, 0.25) is 0 Å². The Labute approximate surface area is 189 Å². The second kappa shape index (κ2) is 9.23. The van der Waals surface area contributed by atoms with Gasteiger partial charge >= 0.3 is 0 Å². The maximum Gasteiger partial charge on any atom is 0.262 e. The Morgan fingerprint density at radius 1 is 1.00 bits per heavy atom. The summed E-state index contributed by atoms with van der Waals surface area (Å²) in [5.41, 5.74) is 4.25. The maximum absolute atomic E-state index is 12.2. The molecule has 1 amide bonds. The van der Waals surface area contributed by atoms with Gasteiger partial charge < -0.3 is 14.8 Å². The largest absolute Gasteiger partial charge is 0.487 e. The van der Waals surface area contributed by atoms with Crippen LogP contribution in [0.25, 0.3) is 4.96 Å². The fourth-order valence-corrected chi connectivity index (χ4v) is 4.01. The number of nitrogens with zero attached hydrogens (tertiary/aromatic N) is 2. The van der Waals surface area contributed by atoms with E-state index in [4.69, 9.17) is 9.47 Å². The van der Waals surface area contributed by atoms with Crippen molar-refractivity contribution >= 4 is 27.9 Å². The number of benzene rings is 2. The summed E-state index contributed by atoms with van der Waals surface area (Å²) in [6.45, 7) is 6.00. The van der Waals surface area contributed by atoms with E-state index in [1.807, 2.05) is 44.4 Å². The molecule has 0 saturated heterocycles. The highest BCUT2D eigenvalue weighted by atomic mass is 32.1. The van der Waals surface area contributed by atoms with Gasteiger partial charge in [-0.1, -0.05) is 6.07 Å². The first-order chi connectivity index (χ1) is 15.4. The summed E-state index contributed by atoms with van der Waals surface area (Å²) in [7, 11) is 0. The lowest BCUT2D eigenvalue weighted by molar-refractivity contribution is -0.118. The van der Waals surface area contributed by atoms with Gasteiger partial charge in [0.15, 0.2) is 11.6 Å². The molecule has 8 heteroatoms. The summed E-state index contributed by atoms with van der Waals surface area (Å²) in [4.78, 5) is 29.5. The highest BCUT2D eigenvalue weighted by Gasteiger charge is 2.08. The molecule has 2 heterocycles. The van der Waals surface area contributed by atoms with Crippen molar-refractivity contribution in [2.45, 2.75) is 27.4 Å². The first kappa shape index (κ1) is 21.6. The van der Waals surface area contributed by atoms with Crippen molar-refractivity contribution in [3.8, 4) is 11.5 Å². The quantitative estimate of drug-likeness (QED) is 0.455. The molecule has 0 radical (unpaired) electrons. The molecule has 0 aliphatic carbocycles. The van der Waals surface area contributed by atoms with Crippen LogP contribution in [0.15, 0.2) is 58.7 Å². The highest BCUT2D eigenvalue weighted by Crippen LogP contribution is 2.19. The van der Waals surface area contributed by atoms with Crippen molar-refractivity contribution < 1.29 is 14.3 Å². The zero-order chi connectivity index (χ0) is 22.7. The van der Waals surface area contributed by atoms with Crippen LogP contribution in [0.1, 0.15) is 22.5 Å². The monoisotopic (exact) mass is 449 g/mol. The minimum Gasteiger partial charge on any atom is -0.487 e. The molecule has 32 heavy (non-hydrogen) atoms. The Bertz CT molecular complexity index is 1330. The molecule has 0 spiro atoms. The van der Waals surface area contributed by atoms with Gasteiger partial charge in [-0.2, -0.15) is 0 Å². The number of carbonyl (C=O) groups is 1. The van der Waals surface area contributed by atoms with Gasteiger partial charge in [0, 0.05) is 22.8 Å². The minimum atomic E-state index is -0.249. The lowest BCUT2D eigenvalue weighted by Crippen LogP contribution is -2.20. The summed E-state index contributed by atoms with van der Waals surface area (Å²) in [5.74, 6) is 1.02. The summed E-state index contributed by atoms with van der Waals surface area (Å²) in [5, 5.41) is 4.69. The number of hydrogen-bond acceptors (Lipinski definition) is 6. The van der Waals surface area contributed by atoms with Crippen molar-refractivity contribution in [2.75, 3.05) is 11.9 Å². The Kier molecular flexibility index (Phi) is 6.23. The van der Waals surface area contributed by atoms with E-state index in [0.29, 0.717) is 27.8 Å². The second-order valence-corrected chi connectivity index (χ2v) is 8.31. The minimum absolute atomic E-state index is 0.0768. The molecule has 0 bridgehead atoms. The lowest BCUT2D eigenvalue weighted by Gasteiger charge is -2.10. The molecule has 7 nitrogen and oxygen atoms in total. The Morgan fingerprint density at radius 2 is 1.75 bits per heavy atom. The Hall–Kier alpha value is -3.65. The number of ether oxygens (including phenoxy) is 2. The molecule has 4 aromatic rings. The van der Waals surface area contributed by atoms with Crippen molar-refractivity contribution in [1.82, 2.24) is 9.38 Å². The van der Waals surface area contributed by atoms with Gasteiger partial charge in [-0.05, 0) is 68.3 Å². The fourth-order valence-electron chi connectivity index (χ4n) is 3.12. The molecule has 1 N–H and O–H groups in total. The van der Waals surface area contributed by atoms with Gasteiger partial charge in [-0.25, -0.2) is 4.98 Å². The number of thiazole rings is 1. The number of nitrogens with one attached hydrogen (secondary N) is 1. The SMILES string of the molecule is Cc1ccc(OCC(=O)Nc2ccc(OCc3cc(=O)n4c(C)csc4n3)cc2)cc1C. The van der Waals surface area contributed by atoms with Crippen molar-refractivity contribution in [3.63, 3.8) is 0 Å². The predicted molar refractivity (Wildman–Crippen MR) is 125 cm³/mol. The van der Waals surface area contributed by atoms with E-state index in [1.165, 1.54) is 23.0 Å². The molecule has 0 saturated carbocycles. The molecule has 0 atom stereocenters. The van der Waals surface area contributed by atoms with Gasteiger partial charge in [0.2, 0.25) is 0 Å². The van der Waals surface area contributed by atoms with Gasteiger partial charge in [-0.15, -0.1) is 11.3 Å². The average molecular weight is 450 g/mol. The van der Waals surface area contributed by atoms with Gasteiger partial charge in [0.1, 0.15) is 18.1 Å². The summed E-state index contributed by atoms with van der Waals surface area (Å²) < 4.78 is 12.9. The lowest BCUT2D eigenvalue weighted by atomic mass is 10.1. The number of fused-ring (bicyclic) bond motifs is 1. The van der Waals surface area contributed by atoms with Gasteiger partial charge in [0.25, 0.3) is 11.5 Å². The average Bonchev–Trinajstić information content (AvgIpc) is 3.15. The van der Waals surface area contributed by atoms with Crippen molar-refractivity contribution in [1.29, 1.82) is 0 Å². The van der Waals surface area contributed by atoms with E-state index in [-0.39, 0.29) is 24.7 Å². The molecule has 0 aliphatic rings. The fraction of sp³-hybridized carbons (Fsp3) is 0.208. The summed E-state index contributed by atoms with van der Waals surface area (Å²) in [6.07, 6.45) is 0. The van der Waals surface area contributed by atoms with Gasteiger partial charge in [0.05, 0.1) is 5.69 Å². The molecule has 0 fully saturated rings. The van der Waals surface area contributed by atoms with Crippen LogP contribution < -0.4 is 20.3 Å². The Morgan fingerprint density at radius 3 is 2.50 bits per heavy atom. The summed E-state index contributed by atoms with van der Waals surface area (Å²) >= 11 is 1.42. The molecule has 0 unspecified atom stereocenters. The van der Waals surface area contributed by atoms with Crippen LogP contribution in [-0.4, -0.2) is 21.9 Å². The zero-order valence-corrected chi connectivity index (χ0v) is 18.9. The standard InChI is InChI=1S/C24H23N3O4S/c1-15-4-7-21(10-16(15)2)31-13-22(28)25-18-5-8-20(9-6-18)30-12-19-11-23(29)27-17(3)14-32-24(27)26-19/h4-11,14H,12-13H2,1-3H3,(H,25,28). The number of anilines is 1. The van der Waals surface area contributed by atoms with Crippen LogP contribution >= 0.6 is 11.3 Å². The molecule has 2 aromatic carbocycles. The first-order valence-corrected chi connectivity index (χ1v) is 11.0. The van der Waals surface area contributed by atoms with E-state index in [2.05, 4.69) is 10.3 Å². The van der Waals surface area contributed by atoms with Crippen LogP contribution in [0.4, 0.5) is 5.69 Å². The zero-order valence-electron chi connectivity index (χ0n) is 18.0. The molecule has 164 valence electrons. The number of carbonyl (C=O) groups excluding carboxylic acids is 1. The Balaban J connectivity index is 1.30. The van der Waals surface area contributed by atoms with Crippen LogP contribution in [-0.2, 0) is 11.4 Å². The number of hydrogen-bond donors (Lipinski definition) is 1. The van der Waals surface area contributed by atoms with E-state index < -0.39 is 0 Å². The van der Waals surface area contributed by atoms with E-state index in [1.54, 1.807) is 28.7 Å². The summed E-state index contributed by atoms with van der Waals surface area (Å²) in [6, 6.07) is 14.2. The van der Waals surface area contributed by atoms with Crippen LogP contribution in [0.3, 0.4) is 0 Å². The normalized spacial score (nSPS) is 10.8. The number of amides is 1. The molecule has 2 aromatic heterocycles. The molecule has 0 aliphatic heterocycles. The smallest absolute Gasteiger partial charge is 0.262 e. The van der Waals surface area contributed by atoms with Crippen molar-refractivity contribution in [3.05, 3.63) is 86.8 Å². The van der Waals surface area contributed by atoms with E-state index >= 15 is 0 Å². The second-order valence-electron chi connectivity index (χ2n) is 7.48. The van der Waals surface area contributed by atoms with Crippen LogP contribution in [0.5, 0.6) is 11.5 Å². The number of rotatable bonds is 7. The third kappa shape index (κ3) is 4.97. The molecular formula is C24H23N3O4S. The number of aromatic nitrogens is 2. The van der Waals surface area contributed by atoms with Crippen molar-refractivity contribution in [2.24, 2.45) is 0 Å². The third-order valence-electron chi connectivity index (χ3n) is 5.00. The number of aryl methyl sites for hydroxylation is 3. The first-order valence-electron chi connectivity index (χ1n) is 10.1. The maximum atomic E-state index is 12.2. The third-order valence-corrected chi connectivity index (χ3v) is 5.95. The predicted octanol–water partition coefficient (Wildman–Crippen LogP) is 4.28. The van der Waals surface area contributed by atoms with E-state index in [9.17, 15) is 9.59 Å².